The highest BCUT2D eigenvalue weighted by atomic mass is 16.3. The Morgan fingerprint density at radius 2 is 1.87 bits per heavy atom. The third-order valence-corrected chi connectivity index (χ3v) is 2.76. The number of hydrogen-bond donors (Lipinski definition) is 2. The smallest absolute Gasteiger partial charge is 0.115 e. The maximum atomic E-state index is 9.22. The number of hydrogen-bond acceptors (Lipinski definition) is 2. The van der Waals surface area contributed by atoms with Gasteiger partial charge in [-0.2, -0.15) is 0 Å². The lowest BCUT2D eigenvalue weighted by molar-refractivity contribution is 0.474. The SMILES string of the molecule is CCCC(CCCN)c1ccc(O)cc1. The van der Waals surface area contributed by atoms with E-state index in [1.165, 1.54) is 18.4 Å². The fourth-order valence-corrected chi connectivity index (χ4v) is 1.94. The Morgan fingerprint density at radius 1 is 1.20 bits per heavy atom. The van der Waals surface area contributed by atoms with Crippen molar-refractivity contribution in [1.82, 2.24) is 0 Å². The van der Waals surface area contributed by atoms with Crippen molar-refractivity contribution in [2.24, 2.45) is 5.73 Å². The number of nitrogens with two attached hydrogens (primary N) is 1. The van der Waals surface area contributed by atoms with Crippen molar-refractivity contribution in [2.45, 2.75) is 38.5 Å². The second-order valence-electron chi connectivity index (χ2n) is 4.01. The first-order valence-corrected chi connectivity index (χ1v) is 5.77. The molecule has 0 aliphatic heterocycles. The molecule has 0 aliphatic carbocycles. The summed E-state index contributed by atoms with van der Waals surface area (Å²) >= 11 is 0. The molecule has 2 heteroatoms. The molecule has 1 aromatic rings. The van der Waals surface area contributed by atoms with Gasteiger partial charge in [-0.15, -0.1) is 0 Å². The normalized spacial score (nSPS) is 12.7. The lowest BCUT2D eigenvalue weighted by Crippen LogP contribution is -2.04. The number of rotatable bonds is 6. The number of phenolic OH excluding ortho intramolecular Hbond substituents is 1. The van der Waals surface area contributed by atoms with E-state index in [2.05, 4.69) is 6.92 Å². The Morgan fingerprint density at radius 3 is 2.40 bits per heavy atom. The van der Waals surface area contributed by atoms with Gasteiger partial charge in [0.25, 0.3) is 0 Å². The van der Waals surface area contributed by atoms with Gasteiger partial charge in [0, 0.05) is 0 Å². The maximum Gasteiger partial charge on any atom is 0.115 e. The second kappa shape index (κ2) is 6.46. The predicted octanol–water partition coefficient (Wildman–Crippen LogP) is 3.01. The third kappa shape index (κ3) is 3.92. The van der Waals surface area contributed by atoms with Crippen LogP contribution in [0.2, 0.25) is 0 Å². The summed E-state index contributed by atoms with van der Waals surface area (Å²) in [6.07, 6.45) is 4.61. The van der Waals surface area contributed by atoms with E-state index in [-0.39, 0.29) is 0 Å². The fourth-order valence-electron chi connectivity index (χ4n) is 1.94. The average molecular weight is 207 g/mol. The standard InChI is InChI=1S/C13H21NO/c1-2-4-11(5-3-10-14)12-6-8-13(15)9-7-12/h6-9,11,15H,2-5,10,14H2,1H3. The molecule has 2 nitrogen and oxygen atoms in total. The van der Waals surface area contributed by atoms with Crippen molar-refractivity contribution in [3.05, 3.63) is 29.8 Å². The Bertz CT molecular complexity index is 268. The molecule has 1 unspecified atom stereocenters. The van der Waals surface area contributed by atoms with E-state index < -0.39 is 0 Å². The predicted molar refractivity (Wildman–Crippen MR) is 64.0 cm³/mol. The molecular formula is C13H21NO. The first kappa shape index (κ1) is 12.1. The molecule has 0 aliphatic rings. The molecule has 0 bridgehead atoms. The summed E-state index contributed by atoms with van der Waals surface area (Å²) in [6.45, 7) is 2.97. The molecule has 0 spiro atoms. The molecule has 1 aromatic carbocycles. The average Bonchev–Trinajstić information content (AvgIpc) is 2.25. The van der Waals surface area contributed by atoms with Crippen LogP contribution in [-0.4, -0.2) is 11.7 Å². The topological polar surface area (TPSA) is 46.2 Å². The van der Waals surface area contributed by atoms with Gasteiger partial charge in [-0.1, -0.05) is 25.5 Å². The largest absolute Gasteiger partial charge is 0.508 e. The van der Waals surface area contributed by atoms with E-state index in [0.717, 1.165) is 19.4 Å². The minimum absolute atomic E-state index is 0.341. The maximum absolute atomic E-state index is 9.22. The number of phenols is 1. The molecule has 0 amide bonds. The molecule has 0 saturated carbocycles. The first-order valence-electron chi connectivity index (χ1n) is 5.77. The summed E-state index contributed by atoms with van der Waals surface area (Å²) in [5.74, 6) is 0.937. The van der Waals surface area contributed by atoms with Gasteiger partial charge >= 0.3 is 0 Å². The van der Waals surface area contributed by atoms with Gasteiger partial charge < -0.3 is 10.8 Å². The molecule has 0 heterocycles. The highest BCUT2D eigenvalue weighted by Gasteiger charge is 2.09. The summed E-state index contributed by atoms with van der Waals surface area (Å²) in [6, 6.07) is 7.57. The van der Waals surface area contributed by atoms with Gasteiger partial charge in [0.1, 0.15) is 5.75 Å². The van der Waals surface area contributed by atoms with Crippen LogP contribution >= 0.6 is 0 Å². The summed E-state index contributed by atoms with van der Waals surface area (Å²) in [4.78, 5) is 0. The van der Waals surface area contributed by atoms with E-state index in [1.807, 2.05) is 12.1 Å². The van der Waals surface area contributed by atoms with Gasteiger partial charge in [0.2, 0.25) is 0 Å². The van der Waals surface area contributed by atoms with Crippen LogP contribution in [0.25, 0.3) is 0 Å². The number of aromatic hydroxyl groups is 1. The Kier molecular flexibility index (Phi) is 5.19. The third-order valence-electron chi connectivity index (χ3n) is 2.76. The minimum atomic E-state index is 0.341. The zero-order chi connectivity index (χ0) is 11.1. The molecule has 3 N–H and O–H groups in total. The highest BCUT2D eigenvalue weighted by molar-refractivity contribution is 5.28. The first-order chi connectivity index (χ1) is 7.27. The van der Waals surface area contributed by atoms with E-state index in [1.54, 1.807) is 12.1 Å². The Hall–Kier alpha value is -1.02. The van der Waals surface area contributed by atoms with Crippen molar-refractivity contribution in [1.29, 1.82) is 0 Å². The zero-order valence-corrected chi connectivity index (χ0v) is 9.45. The molecular weight excluding hydrogens is 186 g/mol. The minimum Gasteiger partial charge on any atom is -0.508 e. The van der Waals surface area contributed by atoms with E-state index >= 15 is 0 Å². The van der Waals surface area contributed by atoms with Gasteiger partial charge in [0.05, 0.1) is 0 Å². The molecule has 0 aromatic heterocycles. The van der Waals surface area contributed by atoms with Crippen LogP contribution in [0.3, 0.4) is 0 Å². The van der Waals surface area contributed by atoms with Crippen LogP contribution in [0, 0.1) is 0 Å². The zero-order valence-electron chi connectivity index (χ0n) is 9.45. The van der Waals surface area contributed by atoms with Crippen LogP contribution in [0.1, 0.15) is 44.1 Å². The second-order valence-corrected chi connectivity index (χ2v) is 4.01. The van der Waals surface area contributed by atoms with E-state index in [4.69, 9.17) is 5.73 Å². The van der Waals surface area contributed by atoms with Gasteiger partial charge in [-0.3, -0.25) is 0 Å². The van der Waals surface area contributed by atoms with Gasteiger partial charge in [-0.05, 0) is 49.4 Å². The van der Waals surface area contributed by atoms with Crippen LogP contribution in [0.4, 0.5) is 0 Å². The molecule has 0 saturated heterocycles. The van der Waals surface area contributed by atoms with Crippen molar-refractivity contribution < 1.29 is 5.11 Å². The van der Waals surface area contributed by atoms with E-state index in [0.29, 0.717) is 11.7 Å². The molecule has 15 heavy (non-hydrogen) atoms. The lowest BCUT2D eigenvalue weighted by Gasteiger charge is -2.16. The summed E-state index contributed by atoms with van der Waals surface area (Å²) in [7, 11) is 0. The van der Waals surface area contributed by atoms with Crippen molar-refractivity contribution in [3.8, 4) is 5.75 Å². The summed E-state index contributed by atoms with van der Waals surface area (Å²) < 4.78 is 0. The summed E-state index contributed by atoms with van der Waals surface area (Å²) in [5.41, 5.74) is 6.86. The van der Waals surface area contributed by atoms with Crippen molar-refractivity contribution in [2.75, 3.05) is 6.54 Å². The monoisotopic (exact) mass is 207 g/mol. The lowest BCUT2D eigenvalue weighted by atomic mass is 9.90. The van der Waals surface area contributed by atoms with Crippen LogP contribution in [0.15, 0.2) is 24.3 Å². The highest BCUT2D eigenvalue weighted by Crippen LogP contribution is 2.27. The fraction of sp³-hybridized carbons (Fsp3) is 0.538. The Labute approximate surface area is 92.1 Å². The van der Waals surface area contributed by atoms with E-state index in [9.17, 15) is 5.11 Å². The van der Waals surface area contributed by atoms with Gasteiger partial charge in [0.15, 0.2) is 0 Å². The molecule has 0 fully saturated rings. The molecule has 0 radical (unpaired) electrons. The molecule has 1 rings (SSSR count). The number of benzene rings is 1. The molecule has 84 valence electrons. The quantitative estimate of drug-likeness (QED) is 0.753. The van der Waals surface area contributed by atoms with Crippen molar-refractivity contribution >= 4 is 0 Å². The van der Waals surface area contributed by atoms with Gasteiger partial charge in [-0.25, -0.2) is 0 Å². The summed E-state index contributed by atoms with van der Waals surface area (Å²) in [5, 5.41) is 9.22. The van der Waals surface area contributed by atoms with Crippen LogP contribution < -0.4 is 5.73 Å². The van der Waals surface area contributed by atoms with Crippen LogP contribution in [-0.2, 0) is 0 Å². The Balaban J connectivity index is 2.65. The van der Waals surface area contributed by atoms with Crippen LogP contribution in [0.5, 0.6) is 5.75 Å². The van der Waals surface area contributed by atoms with Crippen molar-refractivity contribution in [3.63, 3.8) is 0 Å². The molecule has 1 atom stereocenters.